The minimum Gasteiger partial charge on any atom is -0.393 e. The highest BCUT2D eigenvalue weighted by atomic mass is 79.9. The van der Waals surface area contributed by atoms with E-state index in [0.717, 1.165) is 12.8 Å². The van der Waals surface area contributed by atoms with Gasteiger partial charge in [-0.05, 0) is 40.4 Å². The first-order valence-electron chi connectivity index (χ1n) is 4.10. The first-order valence-corrected chi connectivity index (χ1v) is 6.12. The standard InChI is InChI=1S/C9H12BrNS2/c1-6(5-9(11)12)4-7-2-3-8(10)13-7/h2-3,6H,4-5H2,1H3,(H2,11,12). The Kier molecular flexibility index (Phi) is 4.35. The molecule has 1 atom stereocenters. The zero-order valence-electron chi connectivity index (χ0n) is 7.42. The van der Waals surface area contributed by atoms with Crippen molar-refractivity contribution in [3.05, 3.63) is 20.8 Å². The van der Waals surface area contributed by atoms with Gasteiger partial charge in [-0.2, -0.15) is 0 Å². The Labute approximate surface area is 96.5 Å². The van der Waals surface area contributed by atoms with Crippen LogP contribution in [0.1, 0.15) is 18.2 Å². The molecule has 0 bridgehead atoms. The number of thiocarbonyl (C=S) groups is 1. The van der Waals surface area contributed by atoms with E-state index in [1.165, 1.54) is 8.66 Å². The average molecular weight is 278 g/mol. The third-order valence-corrected chi connectivity index (χ3v) is 3.54. The lowest BCUT2D eigenvalue weighted by Gasteiger charge is -2.07. The van der Waals surface area contributed by atoms with Crippen LogP contribution >= 0.6 is 39.5 Å². The van der Waals surface area contributed by atoms with Gasteiger partial charge in [0.05, 0.1) is 8.77 Å². The first-order chi connectivity index (χ1) is 6.08. The summed E-state index contributed by atoms with van der Waals surface area (Å²) < 4.78 is 1.19. The van der Waals surface area contributed by atoms with Crippen LogP contribution in [0.5, 0.6) is 0 Å². The molecular formula is C9H12BrNS2. The zero-order chi connectivity index (χ0) is 9.84. The van der Waals surface area contributed by atoms with Gasteiger partial charge in [0.25, 0.3) is 0 Å². The summed E-state index contributed by atoms with van der Waals surface area (Å²) in [6, 6.07) is 4.22. The van der Waals surface area contributed by atoms with Crippen molar-refractivity contribution in [3.63, 3.8) is 0 Å². The quantitative estimate of drug-likeness (QED) is 0.855. The lowest BCUT2D eigenvalue weighted by atomic mass is 10.0. The average Bonchev–Trinajstić information content (AvgIpc) is 2.33. The van der Waals surface area contributed by atoms with Crippen LogP contribution in [0.3, 0.4) is 0 Å². The van der Waals surface area contributed by atoms with E-state index in [-0.39, 0.29) is 0 Å². The number of halogens is 1. The zero-order valence-corrected chi connectivity index (χ0v) is 10.6. The molecule has 0 saturated heterocycles. The van der Waals surface area contributed by atoms with Crippen molar-refractivity contribution in [2.75, 3.05) is 0 Å². The Bertz CT molecular complexity index is 296. The molecule has 72 valence electrons. The summed E-state index contributed by atoms with van der Waals surface area (Å²) in [6.07, 6.45) is 1.90. The smallest absolute Gasteiger partial charge is 0.0730 e. The van der Waals surface area contributed by atoms with Gasteiger partial charge < -0.3 is 5.73 Å². The van der Waals surface area contributed by atoms with E-state index >= 15 is 0 Å². The van der Waals surface area contributed by atoms with Crippen LogP contribution in [0.15, 0.2) is 15.9 Å². The predicted molar refractivity (Wildman–Crippen MR) is 66.3 cm³/mol. The third kappa shape index (κ3) is 4.20. The summed E-state index contributed by atoms with van der Waals surface area (Å²) in [4.78, 5) is 2.00. The van der Waals surface area contributed by atoms with Gasteiger partial charge in [0.15, 0.2) is 0 Å². The van der Waals surface area contributed by atoms with Crippen LogP contribution < -0.4 is 5.73 Å². The molecule has 0 aliphatic rings. The Morgan fingerprint density at radius 1 is 1.69 bits per heavy atom. The maximum atomic E-state index is 5.48. The van der Waals surface area contributed by atoms with Crippen molar-refractivity contribution in [3.8, 4) is 0 Å². The number of thiophene rings is 1. The van der Waals surface area contributed by atoms with Gasteiger partial charge in [0.2, 0.25) is 0 Å². The number of hydrogen-bond donors (Lipinski definition) is 1. The molecule has 0 radical (unpaired) electrons. The molecule has 0 aromatic carbocycles. The molecule has 0 amide bonds. The van der Waals surface area contributed by atoms with Gasteiger partial charge in [-0.1, -0.05) is 19.1 Å². The van der Waals surface area contributed by atoms with E-state index in [0.29, 0.717) is 10.9 Å². The molecule has 1 heterocycles. The second-order valence-corrected chi connectivity index (χ2v) is 6.26. The van der Waals surface area contributed by atoms with Crippen molar-refractivity contribution in [1.29, 1.82) is 0 Å². The molecule has 1 aromatic rings. The Morgan fingerprint density at radius 2 is 2.38 bits per heavy atom. The van der Waals surface area contributed by atoms with E-state index in [4.69, 9.17) is 18.0 Å². The lowest BCUT2D eigenvalue weighted by molar-refractivity contribution is 0.613. The van der Waals surface area contributed by atoms with Crippen LogP contribution in [-0.4, -0.2) is 4.99 Å². The van der Waals surface area contributed by atoms with Crippen molar-refractivity contribution in [1.82, 2.24) is 0 Å². The van der Waals surface area contributed by atoms with Gasteiger partial charge in [-0.25, -0.2) is 0 Å². The molecule has 1 aromatic heterocycles. The van der Waals surface area contributed by atoms with E-state index in [1.807, 2.05) is 0 Å². The molecule has 1 rings (SSSR count). The molecule has 0 spiro atoms. The van der Waals surface area contributed by atoms with Crippen LogP contribution in [0, 0.1) is 5.92 Å². The summed E-state index contributed by atoms with van der Waals surface area (Å²) in [6.45, 7) is 2.17. The fourth-order valence-corrected chi connectivity index (χ4v) is 3.15. The molecule has 0 aliphatic heterocycles. The molecule has 0 aliphatic carbocycles. The van der Waals surface area contributed by atoms with Crippen molar-refractivity contribution in [2.45, 2.75) is 19.8 Å². The summed E-state index contributed by atoms with van der Waals surface area (Å²) in [7, 11) is 0. The molecule has 1 unspecified atom stereocenters. The fourth-order valence-electron chi connectivity index (χ4n) is 1.22. The van der Waals surface area contributed by atoms with Crippen molar-refractivity contribution < 1.29 is 0 Å². The highest BCUT2D eigenvalue weighted by Gasteiger charge is 2.06. The molecule has 2 N–H and O–H groups in total. The normalized spacial score (nSPS) is 12.8. The molecular weight excluding hydrogens is 266 g/mol. The van der Waals surface area contributed by atoms with Gasteiger partial charge >= 0.3 is 0 Å². The summed E-state index contributed by atoms with van der Waals surface area (Å²) in [5.74, 6) is 0.544. The van der Waals surface area contributed by atoms with Crippen LogP contribution in [0.25, 0.3) is 0 Å². The summed E-state index contributed by atoms with van der Waals surface area (Å²) >= 11 is 10.1. The van der Waals surface area contributed by atoms with E-state index in [9.17, 15) is 0 Å². The molecule has 1 nitrogen and oxygen atoms in total. The largest absolute Gasteiger partial charge is 0.393 e. The van der Waals surface area contributed by atoms with Gasteiger partial charge in [0.1, 0.15) is 0 Å². The van der Waals surface area contributed by atoms with Gasteiger partial charge in [0, 0.05) is 11.3 Å². The Balaban J connectivity index is 2.44. The van der Waals surface area contributed by atoms with Gasteiger partial charge in [-0.3, -0.25) is 0 Å². The highest BCUT2D eigenvalue weighted by molar-refractivity contribution is 9.11. The topological polar surface area (TPSA) is 26.0 Å². The highest BCUT2D eigenvalue weighted by Crippen LogP contribution is 2.24. The third-order valence-electron chi connectivity index (χ3n) is 1.73. The van der Waals surface area contributed by atoms with E-state index < -0.39 is 0 Å². The molecule has 0 saturated carbocycles. The minimum absolute atomic E-state index is 0.544. The van der Waals surface area contributed by atoms with Gasteiger partial charge in [-0.15, -0.1) is 11.3 Å². The van der Waals surface area contributed by atoms with E-state index in [2.05, 4.69) is 35.0 Å². The van der Waals surface area contributed by atoms with Crippen molar-refractivity contribution >= 4 is 44.5 Å². The molecule has 4 heteroatoms. The van der Waals surface area contributed by atoms with Crippen molar-refractivity contribution in [2.24, 2.45) is 11.7 Å². The summed E-state index contributed by atoms with van der Waals surface area (Å²) in [5, 5.41) is 0. The predicted octanol–water partition coefficient (Wildman–Crippen LogP) is 3.37. The maximum absolute atomic E-state index is 5.48. The Morgan fingerprint density at radius 3 is 2.85 bits per heavy atom. The number of rotatable bonds is 4. The van der Waals surface area contributed by atoms with Crippen LogP contribution in [0.4, 0.5) is 0 Å². The molecule has 13 heavy (non-hydrogen) atoms. The fraction of sp³-hybridized carbons (Fsp3) is 0.444. The maximum Gasteiger partial charge on any atom is 0.0730 e. The minimum atomic E-state index is 0.544. The van der Waals surface area contributed by atoms with Crippen LogP contribution in [0.2, 0.25) is 0 Å². The number of nitrogens with two attached hydrogens (primary N) is 1. The second kappa shape index (κ2) is 5.08. The lowest BCUT2D eigenvalue weighted by Crippen LogP contribution is -2.13. The SMILES string of the molecule is CC(CC(N)=S)Cc1ccc(Br)s1. The molecule has 0 fully saturated rings. The Hall–Kier alpha value is 0.0700. The monoisotopic (exact) mass is 277 g/mol. The first kappa shape index (κ1) is 11.1. The second-order valence-electron chi connectivity index (χ2n) is 3.19. The van der Waals surface area contributed by atoms with E-state index in [1.54, 1.807) is 11.3 Å². The summed E-state index contributed by atoms with van der Waals surface area (Å²) in [5.41, 5.74) is 5.48. The number of hydrogen-bond acceptors (Lipinski definition) is 2. The van der Waals surface area contributed by atoms with Crippen LogP contribution in [-0.2, 0) is 6.42 Å².